The Balaban J connectivity index is 1.86. The van der Waals surface area contributed by atoms with Crippen molar-refractivity contribution in [3.8, 4) is 6.07 Å². The minimum Gasteiger partial charge on any atom is -0.384 e. The Morgan fingerprint density at radius 1 is 1.39 bits per heavy atom. The van der Waals surface area contributed by atoms with Gasteiger partial charge in [0, 0.05) is 18.5 Å². The highest BCUT2D eigenvalue weighted by Crippen LogP contribution is 2.21. The van der Waals surface area contributed by atoms with Crippen LogP contribution in [0.2, 0.25) is 0 Å². The van der Waals surface area contributed by atoms with Crippen molar-refractivity contribution in [2.24, 2.45) is 0 Å². The number of aryl methyl sites for hydroxylation is 1. The number of nitrogens with zero attached hydrogens (tertiary/aromatic N) is 4. The maximum atomic E-state index is 12.7. The molecule has 1 N–H and O–H groups in total. The average Bonchev–Trinajstić information content (AvgIpc) is 3.10. The Morgan fingerprint density at radius 3 is 2.82 bits per heavy atom. The molecule has 2 aromatic rings. The normalized spacial score (nSPS) is 12.3. The maximum absolute atomic E-state index is 12.7. The molecule has 1 heterocycles. The largest absolute Gasteiger partial charge is 0.384 e. The van der Waals surface area contributed by atoms with Crippen molar-refractivity contribution < 1.29 is 18.8 Å². The molecule has 0 bridgehead atoms. The highest BCUT2D eigenvalue weighted by Gasteiger charge is 2.18. The molecule has 0 aliphatic heterocycles. The predicted octanol–water partition coefficient (Wildman–Crippen LogP) is 2.28. The van der Waals surface area contributed by atoms with Crippen LogP contribution in [0.15, 0.2) is 22.7 Å². The Labute approximate surface area is 164 Å². The van der Waals surface area contributed by atoms with Crippen molar-refractivity contribution >= 4 is 16.9 Å². The third kappa shape index (κ3) is 5.75. The van der Waals surface area contributed by atoms with Gasteiger partial charge in [0.05, 0.1) is 11.8 Å². The van der Waals surface area contributed by atoms with Crippen molar-refractivity contribution in [2.45, 2.75) is 39.5 Å². The summed E-state index contributed by atoms with van der Waals surface area (Å²) in [5.74, 6) is -0.431. The van der Waals surface area contributed by atoms with E-state index in [0.29, 0.717) is 24.2 Å². The highest BCUT2D eigenvalue weighted by molar-refractivity contribution is 5.80. The number of alkyl halides is 1. The Morgan fingerprint density at radius 2 is 2.18 bits per heavy atom. The molecule has 1 aromatic heterocycles. The van der Waals surface area contributed by atoms with Crippen LogP contribution in [-0.4, -0.2) is 64.8 Å². The van der Waals surface area contributed by atoms with Crippen molar-refractivity contribution in [2.75, 3.05) is 32.7 Å². The predicted molar refractivity (Wildman–Crippen MR) is 103 cm³/mol. The van der Waals surface area contributed by atoms with Crippen LogP contribution in [0.4, 0.5) is 4.39 Å². The molecule has 1 aromatic carbocycles. The van der Waals surface area contributed by atoms with Gasteiger partial charge in [-0.25, -0.2) is 4.39 Å². The summed E-state index contributed by atoms with van der Waals surface area (Å²) in [5.41, 5.74) is 2.02. The molecule has 0 fully saturated rings. The summed E-state index contributed by atoms with van der Waals surface area (Å²) in [6.45, 7) is 5.50. The zero-order chi connectivity index (χ0) is 20.5. The lowest BCUT2D eigenvalue weighted by atomic mass is 10.1. The van der Waals surface area contributed by atoms with Gasteiger partial charge in [0.25, 0.3) is 5.91 Å². The maximum Gasteiger partial charge on any atom is 0.252 e. The number of nitriles is 1. The van der Waals surface area contributed by atoms with Gasteiger partial charge in [0.1, 0.15) is 19.3 Å². The number of rotatable bonds is 11. The number of aromatic nitrogens is 1. The van der Waals surface area contributed by atoms with Crippen molar-refractivity contribution in [3.05, 3.63) is 29.5 Å². The molecule has 0 aliphatic rings. The number of halogens is 1. The first-order valence-corrected chi connectivity index (χ1v) is 9.49. The number of aliphatic hydroxyl groups excluding tert-OH is 1. The Hall–Kier alpha value is -2.50. The van der Waals surface area contributed by atoms with Crippen LogP contribution in [0.25, 0.3) is 11.0 Å². The van der Waals surface area contributed by atoms with Gasteiger partial charge in [-0.05, 0) is 50.6 Å². The van der Waals surface area contributed by atoms with Gasteiger partial charge in [-0.2, -0.15) is 5.26 Å². The quantitative estimate of drug-likeness (QED) is 0.592. The number of aliphatic hydroxyl groups is 1. The standard InChI is InChI=1S/C20H27FN4O3/c1-3-24(11-12-25(10-8-22)20(27)15(2)26)9-4-5-18-17-7-6-16(14-21)13-19(17)28-23-18/h6-7,13,15,26H,3-5,9-12,14H2,1-2H3. The summed E-state index contributed by atoms with van der Waals surface area (Å²) in [7, 11) is 0. The SMILES string of the molecule is CCN(CCCc1noc2cc(CF)ccc12)CCN(CC#N)C(=O)C(C)O. The molecule has 1 atom stereocenters. The Kier molecular flexibility index (Phi) is 8.36. The van der Waals surface area contributed by atoms with Gasteiger partial charge < -0.3 is 19.4 Å². The van der Waals surface area contributed by atoms with E-state index in [4.69, 9.17) is 9.78 Å². The van der Waals surface area contributed by atoms with Crippen LogP contribution in [0, 0.1) is 11.3 Å². The van der Waals surface area contributed by atoms with Crippen LogP contribution in [0.1, 0.15) is 31.5 Å². The van der Waals surface area contributed by atoms with Crippen molar-refractivity contribution in [1.82, 2.24) is 15.0 Å². The molecule has 28 heavy (non-hydrogen) atoms. The fourth-order valence-electron chi connectivity index (χ4n) is 3.07. The lowest BCUT2D eigenvalue weighted by molar-refractivity contribution is -0.138. The van der Waals surface area contributed by atoms with Gasteiger partial charge in [-0.1, -0.05) is 18.1 Å². The van der Waals surface area contributed by atoms with Crippen molar-refractivity contribution in [1.29, 1.82) is 5.26 Å². The summed E-state index contributed by atoms with van der Waals surface area (Å²) in [6.07, 6.45) is 0.470. The van der Waals surface area contributed by atoms with E-state index in [9.17, 15) is 14.3 Å². The molecule has 7 nitrogen and oxygen atoms in total. The Bertz CT molecular complexity index is 815. The second-order valence-corrected chi connectivity index (χ2v) is 6.73. The number of hydrogen-bond acceptors (Lipinski definition) is 6. The fraction of sp³-hybridized carbons (Fsp3) is 0.550. The molecule has 2 rings (SSSR count). The smallest absolute Gasteiger partial charge is 0.252 e. The zero-order valence-electron chi connectivity index (χ0n) is 16.4. The molecule has 0 spiro atoms. The number of carbonyl (C=O) groups is 1. The van der Waals surface area contributed by atoms with Crippen molar-refractivity contribution in [3.63, 3.8) is 0 Å². The molecular formula is C20H27FN4O3. The summed E-state index contributed by atoms with van der Waals surface area (Å²) in [4.78, 5) is 15.5. The monoisotopic (exact) mass is 390 g/mol. The lowest BCUT2D eigenvalue weighted by Gasteiger charge is -2.26. The van der Waals surface area contributed by atoms with Gasteiger partial charge in [0.15, 0.2) is 5.58 Å². The van der Waals surface area contributed by atoms with E-state index in [1.54, 1.807) is 12.1 Å². The van der Waals surface area contributed by atoms with Gasteiger partial charge in [0.2, 0.25) is 0 Å². The molecule has 152 valence electrons. The number of hydrogen-bond donors (Lipinski definition) is 1. The van der Waals surface area contributed by atoms with Crippen LogP contribution < -0.4 is 0 Å². The van der Waals surface area contributed by atoms with Gasteiger partial charge in [-0.3, -0.25) is 4.79 Å². The minimum absolute atomic E-state index is 0.0346. The molecule has 0 saturated carbocycles. The molecule has 8 heteroatoms. The van der Waals surface area contributed by atoms with E-state index in [-0.39, 0.29) is 6.54 Å². The third-order valence-corrected chi connectivity index (χ3v) is 4.72. The second kappa shape index (κ2) is 10.7. The first-order valence-electron chi connectivity index (χ1n) is 9.49. The average molecular weight is 390 g/mol. The molecular weight excluding hydrogens is 363 g/mol. The molecule has 0 saturated heterocycles. The topological polar surface area (TPSA) is 93.6 Å². The van der Waals surface area contributed by atoms with Crippen LogP contribution in [0.5, 0.6) is 0 Å². The second-order valence-electron chi connectivity index (χ2n) is 6.73. The van der Waals surface area contributed by atoms with Crippen LogP contribution in [-0.2, 0) is 17.9 Å². The lowest BCUT2D eigenvalue weighted by Crippen LogP contribution is -2.43. The van der Waals surface area contributed by atoms with E-state index in [2.05, 4.69) is 10.1 Å². The summed E-state index contributed by atoms with van der Waals surface area (Å²) < 4.78 is 18.0. The molecule has 0 radical (unpaired) electrons. The third-order valence-electron chi connectivity index (χ3n) is 4.72. The fourth-order valence-corrected chi connectivity index (χ4v) is 3.07. The number of fused-ring (bicyclic) bond motifs is 1. The minimum atomic E-state index is -1.11. The number of likely N-dealkylation sites (N-methyl/N-ethyl adjacent to an activating group) is 1. The van der Waals surface area contributed by atoms with E-state index in [0.717, 1.165) is 37.0 Å². The van der Waals surface area contributed by atoms with E-state index < -0.39 is 18.7 Å². The molecule has 1 unspecified atom stereocenters. The zero-order valence-corrected chi connectivity index (χ0v) is 16.4. The summed E-state index contributed by atoms with van der Waals surface area (Å²) >= 11 is 0. The van der Waals surface area contributed by atoms with Gasteiger partial charge >= 0.3 is 0 Å². The number of carbonyl (C=O) groups excluding carboxylic acids is 1. The summed E-state index contributed by atoms with van der Waals surface area (Å²) in [5, 5.41) is 23.3. The van der Waals surface area contributed by atoms with Gasteiger partial charge in [-0.15, -0.1) is 0 Å². The summed E-state index contributed by atoms with van der Waals surface area (Å²) in [6, 6.07) is 7.22. The molecule has 1 amide bonds. The first-order chi connectivity index (χ1) is 13.5. The van der Waals surface area contributed by atoms with E-state index in [1.807, 2.05) is 19.1 Å². The van der Waals surface area contributed by atoms with Crippen LogP contribution in [0.3, 0.4) is 0 Å². The van der Waals surface area contributed by atoms with E-state index in [1.165, 1.54) is 11.8 Å². The number of benzene rings is 1. The van der Waals surface area contributed by atoms with E-state index >= 15 is 0 Å². The number of amides is 1. The van der Waals surface area contributed by atoms with Crippen LogP contribution >= 0.6 is 0 Å². The highest BCUT2D eigenvalue weighted by atomic mass is 19.1. The molecule has 0 aliphatic carbocycles. The first kappa shape index (κ1) is 21.8.